The zero-order valence-electron chi connectivity index (χ0n) is 8.73. The zero-order valence-corrected chi connectivity index (χ0v) is 10.4. The highest BCUT2D eigenvalue weighted by molar-refractivity contribution is 5.85. The van der Waals surface area contributed by atoms with Crippen LogP contribution in [0, 0.1) is 0 Å². The molecule has 0 aliphatic rings. The molecule has 2 heterocycles. The van der Waals surface area contributed by atoms with E-state index >= 15 is 0 Å². The second-order valence-electron chi connectivity index (χ2n) is 2.96. The Kier molecular flexibility index (Phi) is 5.84. The van der Waals surface area contributed by atoms with E-state index in [0.29, 0.717) is 11.5 Å². The van der Waals surface area contributed by atoms with Crippen molar-refractivity contribution in [3.63, 3.8) is 0 Å². The lowest BCUT2D eigenvalue weighted by Gasteiger charge is -2.04. The number of H-pyrrole nitrogens is 1. The molecule has 0 radical (unpaired) electrons. The highest BCUT2D eigenvalue weighted by Gasteiger charge is 2.06. The number of fused-ring (bicyclic) bond motifs is 1. The Bertz CT molecular complexity index is 443. The Morgan fingerprint density at radius 1 is 1.38 bits per heavy atom. The number of hydrogen-bond acceptors (Lipinski definition) is 5. The van der Waals surface area contributed by atoms with Gasteiger partial charge in [-0.05, 0) is 6.42 Å². The van der Waals surface area contributed by atoms with Gasteiger partial charge in [-0.3, -0.25) is 0 Å². The van der Waals surface area contributed by atoms with Crippen LogP contribution in [0.2, 0.25) is 0 Å². The van der Waals surface area contributed by atoms with Gasteiger partial charge in [-0.15, -0.1) is 24.8 Å². The van der Waals surface area contributed by atoms with Gasteiger partial charge < -0.3 is 16.0 Å². The number of nitrogens with zero attached hydrogens (tertiary/aromatic N) is 3. The van der Waals surface area contributed by atoms with Crippen LogP contribution in [0.25, 0.3) is 11.2 Å². The maximum Gasteiger partial charge on any atom is 0.224 e. The Morgan fingerprint density at radius 2 is 2.12 bits per heavy atom. The largest absolute Gasteiger partial charge is 0.368 e. The topological polar surface area (TPSA) is 92.5 Å². The predicted molar refractivity (Wildman–Crippen MR) is 69.4 cm³/mol. The molecule has 0 fully saturated rings. The van der Waals surface area contributed by atoms with Gasteiger partial charge in [0.1, 0.15) is 5.52 Å². The van der Waals surface area contributed by atoms with E-state index in [1.165, 1.54) is 0 Å². The van der Waals surface area contributed by atoms with Crippen LogP contribution in [0.5, 0.6) is 0 Å². The molecular formula is C8H14Cl2N6. The second-order valence-corrected chi connectivity index (χ2v) is 2.96. The van der Waals surface area contributed by atoms with Gasteiger partial charge >= 0.3 is 0 Å². The maximum atomic E-state index is 5.54. The van der Waals surface area contributed by atoms with Crippen molar-refractivity contribution in [2.24, 2.45) is 0 Å². The molecule has 2 rings (SSSR count). The molecule has 90 valence electrons. The van der Waals surface area contributed by atoms with Crippen molar-refractivity contribution in [2.45, 2.75) is 13.3 Å². The van der Waals surface area contributed by atoms with E-state index in [-0.39, 0.29) is 30.8 Å². The van der Waals surface area contributed by atoms with E-state index < -0.39 is 0 Å². The van der Waals surface area contributed by atoms with Gasteiger partial charge in [-0.2, -0.15) is 9.97 Å². The van der Waals surface area contributed by atoms with Gasteiger partial charge in [-0.1, -0.05) is 6.92 Å². The van der Waals surface area contributed by atoms with Crippen molar-refractivity contribution >= 4 is 47.7 Å². The maximum absolute atomic E-state index is 5.54. The third-order valence-electron chi connectivity index (χ3n) is 1.85. The highest BCUT2D eigenvalue weighted by Crippen LogP contribution is 2.16. The molecule has 4 N–H and O–H groups in total. The van der Waals surface area contributed by atoms with Gasteiger partial charge in [-0.25, -0.2) is 4.98 Å². The fraction of sp³-hybridized carbons (Fsp3) is 0.375. The first kappa shape index (κ1) is 14.7. The number of imidazole rings is 1. The van der Waals surface area contributed by atoms with Crippen LogP contribution >= 0.6 is 24.8 Å². The number of aromatic amines is 1. The predicted octanol–water partition coefficient (Wildman–Crippen LogP) is 1.60. The van der Waals surface area contributed by atoms with E-state index in [9.17, 15) is 0 Å². The summed E-state index contributed by atoms with van der Waals surface area (Å²) in [6.07, 6.45) is 2.61. The number of nitrogen functional groups attached to an aromatic ring is 1. The molecule has 0 bridgehead atoms. The summed E-state index contributed by atoms with van der Waals surface area (Å²) in [6.45, 7) is 2.94. The number of nitrogens with one attached hydrogen (secondary N) is 2. The van der Waals surface area contributed by atoms with Gasteiger partial charge in [0, 0.05) is 6.54 Å². The van der Waals surface area contributed by atoms with Crippen molar-refractivity contribution in [3.8, 4) is 0 Å². The monoisotopic (exact) mass is 264 g/mol. The van der Waals surface area contributed by atoms with Crippen LogP contribution < -0.4 is 11.1 Å². The normalized spacial score (nSPS) is 9.31. The standard InChI is InChI=1S/C8H12N6.2ClH/c1-2-3-10-6-5-7(12-4-11-5)14-8(9)13-6;;/h4H,2-3H2,1H3,(H4,9,10,11,12,13,14);2*1H. The van der Waals surface area contributed by atoms with Crippen LogP contribution in [0.15, 0.2) is 6.33 Å². The van der Waals surface area contributed by atoms with E-state index in [1.807, 2.05) is 0 Å². The molecule has 2 aromatic rings. The number of nitrogens with two attached hydrogens (primary N) is 1. The fourth-order valence-corrected chi connectivity index (χ4v) is 1.22. The number of anilines is 2. The van der Waals surface area contributed by atoms with Crippen molar-refractivity contribution < 1.29 is 0 Å². The molecule has 2 aromatic heterocycles. The van der Waals surface area contributed by atoms with Crippen LogP contribution in [-0.2, 0) is 0 Å². The fourth-order valence-electron chi connectivity index (χ4n) is 1.22. The summed E-state index contributed by atoms with van der Waals surface area (Å²) in [4.78, 5) is 15.1. The molecule has 0 amide bonds. The molecule has 0 atom stereocenters. The molecule has 8 heteroatoms. The van der Waals surface area contributed by atoms with E-state index in [4.69, 9.17) is 5.73 Å². The Balaban J connectivity index is 0.00000112. The lowest BCUT2D eigenvalue weighted by atomic mass is 10.4. The highest BCUT2D eigenvalue weighted by atomic mass is 35.5. The third kappa shape index (κ3) is 2.86. The van der Waals surface area contributed by atoms with Crippen molar-refractivity contribution in [1.82, 2.24) is 19.9 Å². The number of aromatic nitrogens is 4. The van der Waals surface area contributed by atoms with Crippen molar-refractivity contribution in [3.05, 3.63) is 6.33 Å². The summed E-state index contributed by atoms with van der Waals surface area (Å²) >= 11 is 0. The number of rotatable bonds is 3. The number of hydrogen-bond donors (Lipinski definition) is 3. The molecule has 0 unspecified atom stereocenters. The van der Waals surface area contributed by atoms with Crippen molar-refractivity contribution in [1.29, 1.82) is 0 Å². The summed E-state index contributed by atoms with van der Waals surface area (Å²) in [5.74, 6) is 0.954. The molecule has 0 saturated heterocycles. The van der Waals surface area contributed by atoms with Crippen LogP contribution in [-0.4, -0.2) is 26.5 Å². The van der Waals surface area contributed by atoms with Gasteiger partial charge in [0.05, 0.1) is 6.33 Å². The molecule has 0 aliphatic heterocycles. The molecule has 0 aromatic carbocycles. The minimum atomic E-state index is 0. The summed E-state index contributed by atoms with van der Waals surface area (Å²) in [5.41, 5.74) is 6.93. The van der Waals surface area contributed by atoms with Crippen LogP contribution in [0.4, 0.5) is 11.8 Å². The smallest absolute Gasteiger partial charge is 0.224 e. The molecule has 0 spiro atoms. The molecular weight excluding hydrogens is 251 g/mol. The summed E-state index contributed by atoms with van der Waals surface area (Å²) in [6, 6.07) is 0. The Morgan fingerprint density at radius 3 is 2.81 bits per heavy atom. The molecule has 0 saturated carbocycles. The minimum absolute atomic E-state index is 0. The average Bonchev–Trinajstić information content (AvgIpc) is 2.61. The Hall–Kier alpha value is -1.27. The first-order valence-corrected chi connectivity index (χ1v) is 4.51. The lowest BCUT2D eigenvalue weighted by Crippen LogP contribution is -2.05. The SMILES string of the molecule is CCCNc1nc(N)nc2nc[nH]c12.Cl.Cl. The zero-order chi connectivity index (χ0) is 9.97. The summed E-state index contributed by atoms with van der Waals surface area (Å²) in [7, 11) is 0. The first-order chi connectivity index (χ1) is 6.81. The van der Waals surface area contributed by atoms with Gasteiger partial charge in [0.25, 0.3) is 0 Å². The summed E-state index contributed by atoms with van der Waals surface area (Å²) < 4.78 is 0. The second kappa shape index (κ2) is 6.34. The minimum Gasteiger partial charge on any atom is -0.368 e. The van der Waals surface area contributed by atoms with E-state index in [0.717, 1.165) is 18.5 Å². The van der Waals surface area contributed by atoms with Crippen LogP contribution in [0.3, 0.4) is 0 Å². The van der Waals surface area contributed by atoms with E-state index in [2.05, 4.69) is 32.2 Å². The van der Waals surface area contributed by atoms with Crippen molar-refractivity contribution in [2.75, 3.05) is 17.6 Å². The first-order valence-electron chi connectivity index (χ1n) is 4.51. The third-order valence-corrected chi connectivity index (χ3v) is 1.85. The van der Waals surface area contributed by atoms with Gasteiger partial charge in [0.2, 0.25) is 5.95 Å². The molecule has 6 nitrogen and oxygen atoms in total. The van der Waals surface area contributed by atoms with Crippen LogP contribution in [0.1, 0.15) is 13.3 Å². The van der Waals surface area contributed by atoms with E-state index in [1.54, 1.807) is 6.33 Å². The molecule has 16 heavy (non-hydrogen) atoms. The van der Waals surface area contributed by atoms with Gasteiger partial charge in [0.15, 0.2) is 11.5 Å². The summed E-state index contributed by atoms with van der Waals surface area (Å²) in [5, 5.41) is 3.16. The quantitative estimate of drug-likeness (QED) is 0.783. The lowest BCUT2D eigenvalue weighted by molar-refractivity contribution is 0.970. The average molecular weight is 265 g/mol. The molecule has 0 aliphatic carbocycles. The Labute approximate surface area is 105 Å². The number of halogens is 2.